The minimum absolute atomic E-state index is 0.0791. The van der Waals surface area contributed by atoms with Crippen molar-refractivity contribution in [3.8, 4) is 0 Å². The zero-order valence-corrected chi connectivity index (χ0v) is 10.3. The van der Waals surface area contributed by atoms with Crippen LogP contribution in [-0.4, -0.2) is 35.1 Å². The van der Waals surface area contributed by atoms with Gasteiger partial charge in [0.05, 0.1) is 6.10 Å². The van der Waals surface area contributed by atoms with Gasteiger partial charge in [-0.3, -0.25) is 4.79 Å². The van der Waals surface area contributed by atoms with Crippen LogP contribution in [0.25, 0.3) is 0 Å². The summed E-state index contributed by atoms with van der Waals surface area (Å²) in [5.41, 5.74) is 6.78. The van der Waals surface area contributed by atoms with Crippen molar-refractivity contribution in [3.63, 3.8) is 0 Å². The number of nitrogens with zero attached hydrogens (tertiary/aromatic N) is 1. The summed E-state index contributed by atoms with van der Waals surface area (Å²) in [7, 11) is 0. The molecule has 1 aromatic carbocycles. The van der Waals surface area contributed by atoms with Crippen LogP contribution in [0, 0.1) is 0 Å². The molecule has 0 spiro atoms. The van der Waals surface area contributed by atoms with Crippen LogP contribution in [-0.2, 0) is 0 Å². The van der Waals surface area contributed by atoms with Gasteiger partial charge in [-0.25, -0.2) is 0 Å². The van der Waals surface area contributed by atoms with E-state index in [0.29, 0.717) is 30.8 Å². The van der Waals surface area contributed by atoms with E-state index in [1.807, 2.05) is 0 Å². The zero-order valence-electron chi connectivity index (χ0n) is 8.69. The fourth-order valence-corrected chi connectivity index (χ4v) is 2.36. The summed E-state index contributed by atoms with van der Waals surface area (Å²) < 4.78 is 0.788. The fraction of sp³-hybridized carbons (Fsp3) is 0.364. The van der Waals surface area contributed by atoms with Gasteiger partial charge < -0.3 is 15.7 Å². The predicted octanol–water partition coefficient (Wildman–Crippen LogP) is 1.24. The summed E-state index contributed by atoms with van der Waals surface area (Å²) in [5, 5.41) is 9.38. The van der Waals surface area contributed by atoms with Crippen molar-refractivity contribution in [3.05, 3.63) is 28.2 Å². The molecule has 0 aromatic heterocycles. The Balaban J connectivity index is 2.20. The number of nitrogen functional groups attached to an aromatic ring is 1. The lowest BCUT2D eigenvalue weighted by Crippen LogP contribution is -2.29. The summed E-state index contributed by atoms with van der Waals surface area (Å²) >= 11 is 3.30. The Kier molecular flexibility index (Phi) is 3.16. The average Bonchev–Trinajstić information content (AvgIpc) is 2.62. The van der Waals surface area contributed by atoms with E-state index >= 15 is 0 Å². The first-order chi connectivity index (χ1) is 7.56. The van der Waals surface area contributed by atoms with E-state index < -0.39 is 6.10 Å². The predicted molar refractivity (Wildman–Crippen MR) is 65.1 cm³/mol. The molecule has 5 heteroatoms. The maximum absolute atomic E-state index is 12.0. The van der Waals surface area contributed by atoms with E-state index in [0.717, 1.165) is 4.47 Å². The molecule has 1 saturated heterocycles. The molecule has 1 atom stereocenters. The minimum Gasteiger partial charge on any atom is -0.399 e. The van der Waals surface area contributed by atoms with Crippen LogP contribution in [0.5, 0.6) is 0 Å². The van der Waals surface area contributed by atoms with Crippen molar-refractivity contribution >= 4 is 27.5 Å². The first kappa shape index (κ1) is 11.4. The standard InChI is InChI=1S/C11H13BrN2O2/c12-8-3-7(4-9(13)5-8)11(16)14-2-1-10(15)6-14/h3-5,10,15H,1-2,6,13H2/t10-/m0/s1. The van der Waals surface area contributed by atoms with E-state index in [-0.39, 0.29) is 5.91 Å². The Hall–Kier alpha value is -1.07. The smallest absolute Gasteiger partial charge is 0.254 e. The Bertz CT molecular complexity index is 402. The molecule has 0 aliphatic carbocycles. The monoisotopic (exact) mass is 284 g/mol. The van der Waals surface area contributed by atoms with Gasteiger partial charge in [-0.05, 0) is 24.6 Å². The molecule has 0 unspecified atom stereocenters. The molecule has 1 aliphatic rings. The normalized spacial score (nSPS) is 20.1. The number of anilines is 1. The van der Waals surface area contributed by atoms with Gasteiger partial charge in [-0.15, -0.1) is 0 Å². The lowest BCUT2D eigenvalue weighted by molar-refractivity contribution is 0.0765. The Labute approximate surface area is 102 Å². The van der Waals surface area contributed by atoms with E-state index in [4.69, 9.17) is 5.73 Å². The van der Waals surface area contributed by atoms with E-state index in [1.54, 1.807) is 23.1 Å². The number of likely N-dealkylation sites (tertiary alicyclic amines) is 1. The number of amides is 1. The highest BCUT2D eigenvalue weighted by Gasteiger charge is 2.25. The summed E-state index contributed by atoms with van der Waals surface area (Å²) in [6, 6.07) is 5.14. The highest BCUT2D eigenvalue weighted by Crippen LogP contribution is 2.20. The molecule has 86 valence electrons. The summed E-state index contributed by atoms with van der Waals surface area (Å²) in [5.74, 6) is -0.0791. The number of β-amino-alcohol motifs (C(OH)–C–C–N with tert-alkyl or cyclic N) is 1. The molecule has 1 aromatic rings. The van der Waals surface area contributed by atoms with Crippen molar-refractivity contribution < 1.29 is 9.90 Å². The zero-order chi connectivity index (χ0) is 11.7. The lowest BCUT2D eigenvalue weighted by Gasteiger charge is -2.15. The number of hydrogen-bond donors (Lipinski definition) is 2. The number of aliphatic hydroxyl groups excluding tert-OH is 1. The van der Waals surface area contributed by atoms with Gasteiger partial charge in [0.2, 0.25) is 0 Å². The summed E-state index contributed by atoms with van der Waals surface area (Å²) in [4.78, 5) is 13.7. The van der Waals surface area contributed by atoms with Crippen LogP contribution in [0.4, 0.5) is 5.69 Å². The van der Waals surface area contributed by atoms with Gasteiger partial charge in [-0.2, -0.15) is 0 Å². The van der Waals surface area contributed by atoms with Gasteiger partial charge in [0.15, 0.2) is 0 Å². The number of carbonyl (C=O) groups excluding carboxylic acids is 1. The second kappa shape index (κ2) is 4.43. The second-order valence-electron chi connectivity index (χ2n) is 3.97. The topological polar surface area (TPSA) is 66.6 Å². The molecular formula is C11H13BrN2O2. The van der Waals surface area contributed by atoms with Crippen LogP contribution < -0.4 is 5.73 Å². The van der Waals surface area contributed by atoms with Crippen molar-refractivity contribution in [2.24, 2.45) is 0 Å². The summed E-state index contributed by atoms with van der Waals surface area (Å²) in [6.07, 6.45) is 0.253. The third-order valence-electron chi connectivity index (χ3n) is 2.62. The van der Waals surface area contributed by atoms with E-state index in [9.17, 15) is 9.90 Å². The van der Waals surface area contributed by atoms with Crippen molar-refractivity contribution in [1.82, 2.24) is 4.90 Å². The van der Waals surface area contributed by atoms with E-state index in [1.165, 1.54) is 0 Å². The molecule has 3 N–H and O–H groups in total. The van der Waals surface area contributed by atoms with Gasteiger partial charge >= 0.3 is 0 Å². The molecule has 0 bridgehead atoms. The van der Waals surface area contributed by atoms with Crippen LogP contribution in [0.3, 0.4) is 0 Å². The van der Waals surface area contributed by atoms with Crippen molar-refractivity contribution in [2.75, 3.05) is 18.8 Å². The molecule has 16 heavy (non-hydrogen) atoms. The third kappa shape index (κ3) is 2.36. The Morgan fingerprint density at radius 3 is 2.81 bits per heavy atom. The molecule has 0 saturated carbocycles. The molecule has 0 radical (unpaired) electrons. The number of benzene rings is 1. The highest BCUT2D eigenvalue weighted by molar-refractivity contribution is 9.10. The van der Waals surface area contributed by atoms with Gasteiger partial charge in [0.25, 0.3) is 5.91 Å². The van der Waals surface area contributed by atoms with E-state index in [2.05, 4.69) is 15.9 Å². The maximum atomic E-state index is 12.0. The molecule has 2 rings (SSSR count). The lowest BCUT2D eigenvalue weighted by atomic mass is 10.2. The maximum Gasteiger partial charge on any atom is 0.254 e. The van der Waals surface area contributed by atoms with Crippen molar-refractivity contribution in [1.29, 1.82) is 0 Å². The van der Waals surface area contributed by atoms with Crippen LogP contribution in [0.15, 0.2) is 22.7 Å². The van der Waals surface area contributed by atoms with Crippen LogP contribution in [0.1, 0.15) is 16.8 Å². The van der Waals surface area contributed by atoms with Gasteiger partial charge in [0, 0.05) is 28.8 Å². The minimum atomic E-state index is -0.395. The molecule has 4 nitrogen and oxygen atoms in total. The molecule has 1 aliphatic heterocycles. The Morgan fingerprint density at radius 1 is 1.50 bits per heavy atom. The first-order valence-corrected chi connectivity index (χ1v) is 5.89. The number of carbonyl (C=O) groups is 1. The number of halogens is 1. The van der Waals surface area contributed by atoms with Gasteiger partial charge in [-0.1, -0.05) is 15.9 Å². The molecule has 1 fully saturated rings. The summed E-state index contributed by atoms with van der Waals surface area (Å²) in [6.45, 7) is 1.01. The number of hydrogen-bond acceptors (Lipinski definition) is 3. The largest absolute Gasteiger partial charge is 0.399 e. The quantitative estimate of drug-likeness (QED) is 0.763. The van der Waals surface area contributed by atoms with Crippen LogP contribution in [0.2, 0.25) is 0 Å². The molecule has 1 heterocycles. The molecular weight excluding hydrogens is 272 g/mol. The first-order valence-electron chi connectivity index (χ1n) is 5.09. The average molecular weight is 285 g/mol. The second-order valence-corrected chi connectivity index (χ2v) is 4.88. The third-order valence-corrected chi connectivity index (χ3v) is 3.08. The molecule has 1 amide bonds. The number of rotatable bonds is 1. The van der Waals surface area contributed by atoms with Gasteiger partial charge in [0.1, 0.15) is 0 Å². The highest BCUT2D eigenvalue weighted by atomic mass is 79.9. The Morgan fingerprint density at radius 2 is 2.25 bits per heavy atom. The number of aliphatic hydroxyl groups is 1. The fourth-order valence-electron chi connectivity index (χ4n) is 1.84. The number of nitrogens with two attached hydrogens (primary N) is 1. The van der Waals surface area contributed by atoms with Crippen molar-refractivity contribution in [2.45, 2.75) is 12.5 Å². The SMILES string of the molecule is Nc1cc(Br)cc(C(=O)N2CC[C@H](O)C2)c1. The van der Waals surface area contributed by atoms with Crippen LogP contribution >= 0.6 is 15.9 Å².